The number of hydrogen-bond donors (Lipinski definition) is 2. The Balaban J connectivity index is 2.21. The molecule has 0 bridgehead atoms. The highest BCUT2D eigenvalue weighted by Crippen LogP contribution is 2.34. The molecule has 1 aromatic heterocycles. The zero-order chi connectivity index (χ0) is 17.5. The van der Waals surface area contributed by atoms with Crippen LogP contribution in [-0.2, 0) is 6.54 Å². The molecule has 0 aliphatic heterocycles. The van der Waals surface area contributed by atoms with Gasteiger partial charge in [-0.3, -0.25) is 0 Å². The second-order valence-corrected chi connectivity index (χ2v) is 5.95. The van der Waals surface area contributed by atoms with E-state index in [1.165, 1.54) is 6.20 Å². The number of fused-ring (bicyclic) bond motifs is 1. The highest BCUT2D eigenvalue weighted by atomic mass is 32.1. The number of nitrogen functional groups attached to an aromatic ring is 1. The molecule has 0 spiro atoms. The van der Waals surface area contributed by atoms with Gasteiger partial charge in [-0.2, -0.15) is 13.2 Å². The van der Waals surface area contributed by atoms with Crippen molar-refractivity contribution < 1.29 is 13.2 Å². The number of nitrogens with zero attached hydrogens (tertiary/aromatic N) is 1. The van der Waals surface area contributed by atoms with Crippen LogP contribution in [0.2, 0.25) is 0 Å². The first-order valence-corrected chi connectivity index (χ1v) is 7.51. The lowest BCUT2D eigenvalue weighted by atomic mass is 10.0. The number of rotatable bonds is 3. The quantitative estimate of drug-likeness (QED) is 0.553. The topological polar surface area (TPSA) is 57.0 Å². The van der Waals surface area contributed by atoms with Crippen molar-refractivity contribution >= 4 is 33.8 Å². The van der Waals surface area contributed by atoms with Crippen LogP contribution >= 0.6 is 12.2 Å². The Morgan fingerprint density at radius 1 is 1.12 bits per heavy atom. The predicted octanol–water partition coefficient (Wildman–Crippen LogP) is 4.09. The van der Waals surface area contributed by atoms with Gasteiger partial charge in [-0.05, 0) is 23.8 Å². The van der Waals surface area contributed by atoms with Gasteiger partial charge in [0.1, 0.15) is 11.5 Å². The summed E-state index contributed by atoms with van der Waals surface area (Å²) in [6.07, 6.45) is -2.84. The third kappa shape index (κ3) is 3.21. The standard InChI is InChI=1S/C17H14F3N3S/c18-17(19,20)9-23-8-14(13-5-4-12(21)7-15(13)23)10-2-1-3-11(6-10)16(22)24/h1-8H,9,21H2,(H2,22,24). The van der Waals surface area contributed by atoms with E-state index >= 15 is 0 Å². The Morgan fingerprint density at radius 2 is 1.88 bits per heavy atom. The third-order valence-corrected chi connectivity index (χ3v) is 3.95. The molecule has 0 atom stereocenters. The summed E-state index contributed by atoms with van der Waals surface area (Å²) in [6, 6.07) is 12.0. The van der Waals surface area contributed by atoms with Crippen LogP contribution in [0, 0.1) is 0 Å². The molecule has 0 unspecified atom stereocenters. The highest BCUT2D eigenvalue weighted by Gasteiger charge is 2.29. The first-order valence-electron chi connectivity index (χ1n) is 7.10. The third-order valence-electron chi connectivity index (χ3n) is 3.71. The summed E-state index contributed by atoms with van der Waals surface area (Å²) >= 11 is 4.97. The maximum atomic E-state index is 12.9. The van der Waals surface area contributed by atoms with Crippen LogP contribution in [0.1, 0.15) is 5.56 Å². The van der Waals surface area contributed by atoms with Crippen molar-refractivity contribution in [1.82, 2.24) is 4.57 Å². The van der Waals surface area contributed by atoms with E-state index in [9.17, 15) is 13.2 Å². The van der Waals surface area contributed by atoms with Crippen LogP contribution in [0.25, 0.3) is 22.0 Å². The van der Waals surface area contributed by atoms with Gasteiger partial charge in [-0.25, -0.2) is 0 Å². The Morgan fingerprint density at radius 3 is 2.54 bits per heavy atom. The Kier molecular flexibility index (Phi) is 3.96. The van der Waals surface area contributed by atoms with Gasteiger partial charge >= 0.3 is 6.18 Å². The zero-order valence-corrected chi connectivity index (χ0v) is 13.3. The fraction of sp³-hybridized carbons (Fsp3) is 0.118. The van der Waals surface area contributed by atoms with Crippen LogP contribution in [0.5, 0.6) is 0 Å². The first kappa shape index (κ1) is 16.3. The maximum Gasteiger partial charge on any atom is 0.406 e. The van der Waals surface area contributed by atoms with E-state index in [-0.39, 0.29) is 4.99 Å². The molecule has 2 aromatic carbocycles. The summed E-state index contributed by atoms with van der Waals surface area (Å²) in [5.74, 6) is 0. The Hall–Kier alpha value is -2.54. The summed E-state index contributed by atoms with van der Waals surface area (Å²) < 4.78 is 39.8. The zero-order valence-electron chi connectivity index (χ0n) is 12.5. The minimum absolute atomic E-state index is 0.236. The van der Waals surface area contributed by atoms with Crippen molar-refractivity contribution in [3.8, 4) is 11.1 Å². The van der Waals surface area contributed by atoms with E-state index < -0.39 is 12.7 Å². The molecule has 0 aliphatic rings. The highest BCUT2D eigenvalue weighted by molar-refractivity contribution is 7.80. The molecule has 0 fully saturated rings. The number of anilines is 1. The first-order chi connectivity index (χ1) is 11.2. The lowest BCUT2D eigenvalue weighted by molar-refractivity contribution is -0.139. The van der Waals surface area contributed by atoms with Crippen molar-refractivity contribution in [2.24, 2.45) is 5.73 Å². The molecule has 3 aromatic rings. The molecule has 3 rings (SSSR count). The summed E-state index contributed by atoms with van der Waals surface area (Å²) in [5.41, 5.74) is 14.3. The van der Waals surface area contributed by atoms with Crippen LogP contribution in [0.15, 0.2) is 48.7 Å². The summed E-state index contributed by atoms with van der Waals surface area (Å²) in [6.45, 7) is -1.08. The van der Waals surface area contributed by atoms with Gasteiger partial charge in [-0.1, -0.05) is 36.5 Å². The molecule has 124 valence electrons. The SMILES string of the molecule is NC(=S)c1cccc(-c2cn(CC(F)(F)F)c3cc(N)ccc23)c1. The van der Waals surface area contributed by atoms with Crippen LogP contribution in [-0.4, -0.2) is 15.7 Å². The van der Waals surface area contributed by atoms with E-state index in [0.717, 1.165) is 10.1 Å². The predicted molar refractivity (Wildman–Crippen MR) is 93.7 cm³/mol. The van der Waals surface area contributed by atoms with E-state index in [0.29, 0.717) is 27.7 Å². The van der Waals surface area contributed by atoms with Crippen molar-refractivity contribution in [2.75, 3.05) is 5.73 Å². The lowest BCUT2D eigenvalue weighted by Gasteiger charge is -2.09. The average molecular weight is 349 g/mol. The van der Waals surface area contributed by atoms with Gasteiger partial charge in [0.2, 0.25) is 0 Å². The van der Waals surface area contributed by atoms with Gasteiger partial charge in [0.05, 0.1) is 5.52 Å². The Bertz CT molecular complexity index is 928. The average Bonchev–Trinajstić information content (AvgIpc) is 2.83. The van der Waals surface area contributed by atoms with Gasteiger partial charge in [0.25, 0.3) is 0 Å². The van der Waals surface area contributed by atoms with Gasteiger partial charge < -0.3 is 16.0 Å². The molecule has 24 heavy (non-hydrogen) atoms. The van der Waals surface area contributed by atoms with E-state index in [2.05, 4.69) is 0 Å². The number of thiocarbonyl (C=S) groups is 1. The smallest absolute Gasteiger partial charge is 0.399 e. The summed E-state index contributed by atoms with van der Waals surface area (Å²) in [7, 11) is 0. The van der Waals surface area contributed by atoms with Gasteiger partial charge in [0, 0.05) is 28.4 Å². The van der Waals surface area contributed by atoms with Crippen LogP contribution in [0.4, 0.5) is 18.9 Å². The molecule has 0 saturated carbocycles. The fourth-order valence-electron chi connectivity index (χ4n) is 2.70. The van der Waals surface area contributed by atoms with Crippen molar-refractivity contribution in [2.45, 2.75) is 12.7 Å². The van der Waals surface area contributed by atoms with Crippen molar-refractivity contribution in [3.05, 3.63) is 54.2 Å². The molecule has 4 N–H and O–H groups in total. The summed E-state index contributed by atoms with van der Waals surface area (Å²) in [4.78, 5) is 0.236. The molecule has 1 heterocycles. The molecule has 0 saturated heterocycles. The largest absolute Gasteiger partial charge is 0.406 e. The number of benzene rings is 2. The van der Waals surface area contributed by atoms with E-state index in [1.54, 1.807) is 36.4 Å². The molecule has 3 nitrogen and oxygen atoms in total. The van der Waals surface area contributed by atoms with Crippen molar-refractivity contribution in [1.29, 1.82) is 0 Å². The Labute approximate surface area is 141 Å². The second-order valence-electron chi connectivity index (χ2n) is 5.51. The monoisotopic (exact) mass is 349 g/mol. The number of halogens is 3. The molecule has 0 radical (unpaired) electrons. The number of alkyl halides is 3. The molecular weight excluding hydrogens is 335 g/mol. The molecule has 0 aliphatic carbocycles. The number of nitrogens with two attached hydrogens (primary N) is 2. The normalized spacial score (nSPS) is 11.8. The van der Waals surface area contributed by atoms with E-state index in [1.807, 2.05) is 6.07 Å². The minimum atomic E-state index is -4.32. The fourth-order valence-corrected chi connectivity index (χ4v) is 2.83. The van der Waals surface area contributed by atoms with E-state index in [4.69, 9.17) is 23.7 Å². The summed E-state index contributed by atoms with van der Waals surface area (Å²) in [5, 5.41) is 0.688. The molecular formula is C17H14F3N3S. The van der Waals surface area contributed by atoms with Crippen LogP contribution in [0.3, 0.4) is 0 Å². The molecule has 0 amide bonds. The minimum Gasteiger partial charge on any atom is -0.399 e. The lowest BCUT2D eigenvalue weighted by Crippen LogP contribution is -2.16. The van der Waals surface area contributed by atoms with Gasteiger partial charge in [-0.15, -0.1) is 0 Å². The molecule has 7 heteroatoms. The number of aromatic nitrogens is 1. The van der Waals surface area contributed by atoms with Crippen molar-refractivity contribution in [3.63, 3.8) is 0 Å². The van der Waals surface area contributed by atoms with Crippen LogP contribution < -0.4 is 11.5 Å². The van der Waals surface area contributed by atoms with Gasteiger partial charge in [0.15, 0.2) is 0 Å². The maximum absolute atomic E-state index is 12.9. The number of hydrogen-bond acceptors (Lipinski definition) is 2. The second kappa shape index (κ2) is 5.83.